The molecule has 0 fully saturated rings. The van der Waals surface area contributed by atoms with Crippen LogP contribution in [-0.4, -0.2) is 15.6 Å². The largest absolute Gasteiger partial charge is 0.273 e. The fraction of sp³-hybridized carbons (Fsp3) is 0.625. The van der Waals surface area contributed by atoms with Crippen LogP contribution in [0, 0.1) is 0 Å². The van der Waals surface area contributed by atoms with Gasteiger partial charge in [-0.05, 0) is 24.6 Å². The summed E-state index contributed by atoms with van der Waals surface area (Å²) in [7, 11) is 0. The molecule has 2 rings (SSSR count). The zero-order valence-corrected chi connectivity index (χ0v) is 18.0. The molecule has 0 spiro atoms. The standard InChI is InChI=1S/C24H37N3O2/c1-2-3-4-5-6-7-8-9-10-11-12-13-14-17-22(28)26-27-23(29)19-18-21-16-15-20-25-24(21)27/h15-16,18-20H,2-14,17H2,1H3,(H,26,28). The maximum Gasteiger partial charge on any atom is 0.271 e. The van der Waals surface area contributed by atoms with Gasteiger partial charge in [0.15, 0.2) is 5.65 Å². The first-order valence-corrected chi connectivity index (χ1v) is 11.5. The van der Waals surface area contributed by atoms with Crippen LogP contribution in [0.5, 0.6) is 0 Å². The average Bonchev–Trinajstić information content (AvgIpc) is 2.73. The Morgan fingerprint density at radius 3 is 2.07 bits per heavy atom. The molecule has 0 bridgehead atoms. The van der Waals surface area contributed by atoms with Gasteiger partial charge in [0.25, 0.3) is 5.56 Å². The molecular formula is C24H37N3O2. The minimum Gasteiger partial charge on any atom is -0.273 e. The van der Waals surface area contributed by atoms with Crippen LogP contribution in [-0.2, 0) is 4.79 Å². The van der Waals surface area contributed by atoms with Crippen molar-refractivity contribution in [2.75, 3.05) is 5.43 Å². The molecule has 1 N–H and O–H groups in total. The van der Waals surface area contributed by atoms with Gasteiger partial charge in [0.2, 0.25) is 5.91 Å². The molecule has 0 aromatic carbocycles. The first-order chi connectivity index (χ1) is 14.2. The average molecular weight is 400 g/mol. The van der Waals surface area contributed by atoms with E-state index in [-0.39, 0.29) is 11.5 Å². The van der Waals surface area contributed by atoms with Gasteiger partial charge in [0.1, 0.15) is 0 Å². The number of nitrogens with zero attached hydrogens (tertiary/aromatic N) is 2. The minimum absolute atomic E-state index is 0.131. The van der Waals surface area contributed by atoms with E-state index in [1.165, 1.54) is 81.4 Å². The Labute approximate surface area is 174 Å². The number of unbranched alkanes of at least 4 members (excludes halogenated alkanes) is 12. The van der Waals surface area contributed by atoms with E-state index in [0.29, 0.717) is 12.1 Å². The smallest absolute Gasteiger partial charge is 0.271 e. The third kappa shape index (κ3) is 8.80. The van der Waals surface area contributed by atoms with Gasteiger partial charge in [-0.2, -0.15) is 4.68 Å². The van der Waals surface area contributed by atoms with E-state index in [4.69, 9.17) is 0 Å². The molecule has 160 valence electrons. The Bertz CT molecular complexity index is 785. The summed E-state index contributed by atoms with van der Waals surface area (Å²) in [5.41, 5.74) is 2.92. The third-order valence-electron chi connectivity index (χ3n) is 5.40. The second-order valence-corrected chi connectivity index (χ2v) is 7.95. The highest BCUT2D eigenvalue weighted by Gasteiger charge is 2.07. The number of nitrogens with one attached hydrogen (secondary N) is 1. The number of rotatable bonds is 15. The van der Waals surface area contributed by atoms with Crippen LogP contribution in [0.25, 0.3) is 11.0 Å². The Morgan fingerprint density at radius 2 is 1.45 bits per heavy atom. The Hall–Kier alpha value is -2.17. The van der Waals surface area contributed by atoms with Crippen molar-refractivity contribution in [2.24, 2.45) is 0 Å². The summed E-state index contributed by atoms with van der Waals surface area (Å²) >= 11 is 0. The number of hydrogen-bond acceptors (Lipinski definition) is 3. The zero-order chi connectivity index (χ0) is 20.7. The monoisotopic (exact) mass is 399 g/mol. The first-order valence-electron chi connectivity index (χ1n) is 11.5. The molecular weight excluding hydrogens is 362 g/mol. The first kappa shape index (κ1) is 23.1. The fourth-order valence-electron chi connectivity index (χ4n) is 3.66. The molecule has 0 aliphatic carbocycles. The molecule has 0 atom stereocenters. The number of pyridine rings is 2. The number of fused-ring (bicyclic) bond motifs is 1. The molecule has 2 aromatic rings. The second-order valence-electron chi connectivity index (χ2n) is 7.95. The third-order valence-corrected chi connectivity index (χ3v) is 5.40. The zero-order valence-electron chi connectivity index (χ0n) is 18.0. The number of aromatic nitrogens is 2. The van der Waals surface area contributed by atoms with Gasteiger partial charge in [0, 0.05) is 24.1 Å². The van der Waals surface area contributed by atoms with Crippen molar-refractivity contribution in [1.82, 2.24) is 9.66 Å². The van der Waals surface area contributed by atoms with Gasteiger partial charge < -0.3 is 0 Å². The molecule has 0 aliphatic rings. The van der Waals surface area contributed by atoms with Crippen LogP contribution in [0.3, 0.4) is 0 Å². The van der Waals surface area contributed by atoms with Crippen molar-refractivity contribution in [3.05, 3.63) is 40.8 Å². The molecule has 5 nitrogen and oxygen atoms in total. The van der Waals surface area contributed by atoms with Gasteiger partial charge in [-0.15, -0.1) is 0 Å². The predicted octanol–water partition coefficient (Wildman–Crippen LogP) is 5.95. The molecule has 0 saturated heterocycles. The van der Waals surface area contributed by atoms with E-state index in [2.05, 4.69) is 17.3 Å². The highest BCUT2D eigenvalue weighted by atomic mass is 16.2. The lowest BCUT2D eigenvalue weighted by atomic mass is 10.0. The van der Waals surface area contributed by atoms with Crippen molar-refractivity contribution in [3.63, 3.8) is 0 Å². The SMILES string of the molecule is CCCCCCCCCCCCCCCC(=O)Nn1c(=O)ccc2cccnc21. The summed E-state index contributed by atoms with van der Waals surface area (Å²) in [6, 6.07) is 6.86. The van der Waals surface area contributed by atoms with E-state index in [9.17, 15) is 9.59 Å². The lowest BCUT2D eigenvalue weighted by Crippen LogP contribution is -2.33. The van der Waals surface area contributed by atoms with E-state index < -0.39 is 0 Å². The van der Waals surface area contributed by atoms with Gasteiger partial charge in [0.05, 0.1) is 0 Å². The van der Waals surface area contributed by atoms with Crippen LogP contribution in [0.1, 0.15) is 96.8 Å². The summed E-state index contributed by atoms with van der Waals surface area (Å²) in [6.07, 6.45) is 18.7. The van der Waals surface area contributed by atoms with Crippen LogP contribution in [0.2, 0.25) is 0 Å². The lowest BCUT2D eigenvalue weighted by Gasteiger charge is -2.10. The number of hydrogen-bond donors (Lipinski definition) is 1. The van der Waals surface area contributed by atoms with Crippen LogP contribution < -0.4 is 11.0 Å². The van der Waals surface area contributed by atoms with Gasteiger partial charge in [-0.25, -0.2) is 4.98 Å². The van der Waals surface area contributed by atoms with Crippen LogP contribution >= 0.6 is 0 Å². The summed E-state index contributed by atoms with van der Waals surface area (Å²) in [4.78, 5) is 28.5. The molecule has 5 heteroatoms. The van der Waals surface area contributed by atoms with E-state index in [0.717, 1.165) is 18.2 Å². The molecule has 0 unspecified atom stereocenters. The molecule has 2 aromatic heterocycles. The highest BCUT2D eigenvalue weighted by molar-refractivity contribution is 5.85. The van der Waals surface area contributed by atoms with E-state index in [1.54, 1.807) is 12.3 Å². The normalized spacial score (nSPS) is 11.1. The number of amides is 1. The predicted molar refractivity (Wildman–Crippen MR) is 121 cm³/mol. The maximum absolute atomic E-state index is 12.2. The maximum atomic E-state index is 12.2. The van der Waals surface area contributed by atoms with Gasteiger partial charge in [-0.3, -0.25) is 15.0 Å². The topological polar surface area (TPSA) is 64.0 Å². The van der Waals surface area contributed by atoms with E-state index in [1.807, 2.05) is 12.1 Å². The molecule has 0 saturated carbocycles. The fourth-order valence-corrected chi connectivity index (χ4v) is 3.66. The molecule has 0 aliphatic heterocycles. The van der Waals surface area contributed by atoms with Crippen molar-refractivity contribution in [3.8, 4) is 0 Å². The van der Waals surface area contributed by atoms with Crippen LogP contribution in [0.15, 0.2) is 35.3 Å². The van der Waals surface area contributed by atoms with Crippen molar-refractivity contribution >= 4 is 16.9 Å². The van der Waals surface area contributed by atoms with Gasteiger partial charge in [-0.1, -0.05) is 84.0 Å². The van der Waals surface area contributed by atoms with Crippen molar-refractivity contribution in [2.45, 2.75) is 96.8 Å². The van der Waals surface area contributed by atoms with Crippen molar-refractivity contribution in [1.29, 1.82) is 0 Å². The Balaban J connectivity index is 1.53. The summed E-state index contributed by atoms with van der Waals surface area (Å²) < 4.78 is 1.25. The number of carbonyl (C=O) groups is 1. The quantitative estimate of drug-likeness (QED) is 0.376. The molecule has 0 radical (unpaired) electrons. The van der Waals surface area contributed by atoms with Gasteiger partial charge >= 0.3 is 0 Å². The van der Waals surface area contributed by atoms with E-state index >= 15 is 0 Å². The highest BCUT2D eigenvalue weighted by Crippen LogP contribution is 2.13. The Kier molecular flexibility index (Phi) is 11.1. The summed E-state index contributed by atoms with van der Waals surface area (Å²) in [5, 5.41) is 0.827. The van der Waals surface area contributed by atoms with Crippen molar-refractivity contribution < 1.29 is 4.79 Å². The molecule has 2 heterocycles. The van der Waals surface area contributed by atoms with Crippen LogP contribution in [0.4, 0.5) is 0 Å². The second kappa shape index (κ2) is 13.9. The number of carbonyl (C=O) groups excluding carboxylic acids is 1. The summed E-state index contributed by atoms with van der Waals surface area (Å²) in [5.74, 6) is -0.131. The summed E-state index contributed by atoms with van der Waals surface area (Å²) in [6.45, 7) is 2.26. The molecule has 1 amide bonds. The minimum atomic E-state index is -0.269. The lowest BCUT2D eigenvalue weighted by molar-refractivity contribution is -0.117. The Morgan fingerprint density at radius 1 is 0.862 bits per heavy atom. The molecule has 29 heavy (non-hydrogen) atoms.